The van der Waals surface area contributed by atoms with Gasteiger partial charge in [-0.2, -0.15) is 0 Å². The molecule has 2 aromatic heterocycles. The predicted molar refractivity (Wildman–Crippen MR) is 75.4 cm³/mol. The highest BCUT2D eigenvalue weighted by molar-refractivity contribution is 5.48. The number of aromatic nitrogens is 3. The largest absolute Gasteiger partial charge is 0.362 e. The molecule has 0 unspecified atom stereocenters. The van der Waals surface area contributed by atoms with Gasteiger partial charge in [0.2, 0.25) is 0 Å². The molecule has 0 amide bonds. The SMILES string of the molecule is Cc1cc(CN2CCc3ncnc(N(C)C)c3C2)no1. The third-order valence-corrected chi connectivity index (χ3v) is 3.54. The van der Waals surface area contributed by atoms with E-state index in [4.69, 9.17) is 4.52 Å². The highest BCUT2D eigenvalue weighted by atomic mass is 16.5. The van der Waals surface area contributed by atoms with Crippen molar-refractivity contribution in [2.45, 2.75) is 26.4 Å². The lowest BCUT2D eigenvalue weighted by Gasteiger charge is -2.29. The summed E-state index contributed by atoms with van der Waals surface area (Å²) in [5.74, 6) is 1.87. The Kier molecular flexibility index (Phi) is 3.40. The van der Waals surface area contributed by atoms with Crippen LogP contribution in [0.2, 0.25) is 0 Å². The van der Waals surface area contributed by atoms with E-state index in [-0.39, 0.29) is 0 Å². The van der Waals surface area contributed by atoms with Crippen LogP contribution in [-0.2, 0) is 19.5 Å². The summed E-state index contributed by atoms with van der Waals surface area (Å²) >= 11 is 0. The van der Waals surface area contributed by atoms with Gasteiger partial charge in [0, 0.05) is 51.8 Å². The third kappa shape index (κ3) is 2.51. The molecule has 0 aromatic carbocycles. The molecule has 106 valence electrons. The fourth-order valence-electron chi connectivity index (χ4n) is 2.62. The second-order valence-corrected chi connectivity index (χ2v) is 5.41. The molecule has 6 heteroatoms. The summed E-state index contributed by atoms with van der Waals surface area (Å²) in [5, 5.41) is 4.07. The molecule has 2 aromatic rings. The second-order valence-electron chi connectivity index (χ2n) is 5.41. The zero-order valence-electron chi connectivity index (χ0n) is 12.1. The van der Waals surface area contributed by atoms with E-state index in [1.54, 1.807) is 6.33 Å². The summed E-state index contributed by atoms with van der Waals surface area (Å²) in [6.07, 6.45) is 2.61. The summed E-state index contributed by atoms with van der Waals surface area (Å²) < 4.78 is 5.13. The van der Waals surface area contributed by atoms with Crippen LogP contribution >= 0.6 is 0 Å². The molecule has 0 saturated heterocycles. The van der Waals surface area contributed by atoms with Crippen LogP contribution in [0.4, 0.5) is 5.82 Å². The maximum Gasteiger partial charge on any atom is 0.136 e. The Hall–Kier alpha value is -1.95. The van der Waals surface area contributed by atoms with Crippen LogP contribution < -0.4 is 4.90 Å². The minimum atomic E-state index is 0.804. The van der Waals surface area contributed by atoms with Gasteiger partial charge in [0.25, 0.3) is 0 Å². The summed E-state index contributed by atoms with van der Waals surface area (Å²) in [6.45, 7) is 4.57. The molecule has 0 aliphatic carbocycles. The highest BCUT2D eigenvalue weighted by Crippen LogP contribution is 2.25. The van der Waals surface area contributed by atoms with Gasteiger partial charge >= 0.3 is 0 Å². The Morgan fingerprint density at radius 2 is 2.20 bits per heavy atom. The zero-order chi connectivity index (χ0) is 14.1. The fraction of sp³-hybridized carbons (Fsp3) is 0.500. The number of hydrogen-bond acceptors (Lipinski definition) is 6. The van der Waals surface area contributed by atoms with E-state index in [0.29, 0.717) is 0 Å². The van der Waals surface area contributed by atoms with Crippen molar-refractivity contribution in [3.8, 4) is 0 Å². The van der Waals surface area contributed by atoms with Crippen LogP contribution in [0.3, 0.4) is 0 Å². The first-order valence-corrected chi connectivity index (χ1v) is 6.78. The Morgan fingerprint density at radius 3 is 2.90 bits per heavy atom. The van der Waals surface area contributed by atoms with E-state index in [1.807, 2.05) is 32.0 Å². The van der Waals surface area contributed by atoms with Gasteiger partial charge in [-0.15, -0.1) is 0 Å². The topological polar surface area (TPSA) is 58.3 Å². The number of anilines is 1. The summed E-state index contributed by atoms with van der Waals surface area (Å²) in [5.41, 5.74) is 3.37. The van der Waals surface area contributed by atoms with Crippen LogP contribution in [0.1, 0.15) is 22.7 Å². The van der Waals surface area contributed by atoms with E-state index >= 15 is 0 Å². The minimum Gasteiger partial charge on any atom is -0.362 e. The van der Waals surface area contributed by atoms with Crippen molar-refractivity contribution in [2.75, 3.05) is 25.5 Å². The maximum absolute atomic E-state index is 5.13. The summed E-state index contributed by atoms with van der Waals surface area (Å²) in [4.78, 5) is 13.2. The Balaban J connectivity index is 1.80. The van der Waals surface area contributed by atoms with Crippen LogP contribution in [-0.4, -0.2) is 40.7 Å². The van der Waals surface area contributed by atoms with Crippen LogP contribution in [0.25, 0.3) is 0 Å². The number of fused-ring (bicyclic) bond motifs is 1. The van der Waals surface area contributed by atoms with Gasteiger partial charge in [-0.3, -0.25) is 4.90 Å². The molecule has 0 N–H and O–H groups in total. The van der Waals surface area contributed by atoms with E-state index in [1.165, 1.54) is 5.56 Å². The lowest BCUT2D eigenvalue weighted by Crippen LogP contribution is -2.32. The van der Waals surface area contributed by atoms with Crippen LogP contribution in [0, 0.1) is 6.92 Å². The van der Waals surface area contributed by atoms with Gasteiger partial charge in [-0.25, -0.2) is 9.97 Å². The molecule has 1 aliphatic rings. The van der Waals surface area contributed by atoms with Gasteiger partial charge < -0.3 is 9.42 Å². The Morgan fingerprint density at radius 1 is 1.35 bits per heavy atom. The average Bonchev–Trinajstić information content (AvgIpc) is 2.83. The van der Waals surface area contributed by atoms with E-state index in [2.05, 4.69) is 20.0 Å². The smallest absolute Gasteiger partial charge is 0.136 e. The van der Waals surface area contributed by atoms with Gasteiger partial charge in [0.05, 0.1) is 11.4 Å². The van der Waals surface area contributed by atoms with Crippen molar-refractivity contribution in [1.29, 1.82) is 0 Å². The molecule has 3 heterocycles. The van der Waals surface area contributed by atoms with Crippen molar-refractivity contribution >= 4 is 5.82 Å². The molecule has 0 bridgehead atoms. The molecule has 0 saturated carbocycles. The highest BCUT2D eigenvalue weighted by Gasteiger charge is 2.22. The zero-order valence-corrected chi connectivity index (χ0v) is 12.1. The van der Waals surface area contributed by atoms with Crippen molar-refractivity contribution < 1.29 is 4.52 Å². The lowest BCUT2D eigenvalue weighted by atomic mass is 10.1. The van der Waals surface area contributed by atoms with Crippen LogP contribution in [0.15, 0.2) is 16.9 Å². The van der Waals surface area contributed by atoms with Crippen LogP contribution in [0.5, 0.6) is 0 Å². The van der Waals surface area contributed by atoms with E-state index in [0.717, 1.165) is 49.0 Å². The van der Waals surface area contributed by atoms with Gasteiger partial charge in [0.1, 0.15) is 17.9 Å². The standard InChI is InChI=1S/C14H19N5O/c1-10-6-11(17-20-10)7-19-5-4-13-12(8-19)14(18(2)3)16-9-15-13/h6,9H,4-5,7-8H2,1-3H3. The molecule has 0 fully saturated rings. The fourth-order valence-corrected chi connectivity index (χ4v) is 2.62. The molecular weight excluding hydrogens is 254 g/mol. The predicted octanol–water partition coefficient (Wildman–Crippen LogP) is 1.40. The van der Waals surface area contributed by atoms with Crippen molar-refractivity contribution in [1.82, 2.24) is 20.0 Å². The average molecular weight is 273 g/mol. The summed E-state index contributed by atoms with van der Waals surface area (Å²) in [7, 11) is 4.03. The Bertz CT molecular complexity index is 607. The molecule has 3 rings (SSSR count). The summed E-state index contributed by atoms with van der Waals surface area (Å²) in [6, 6.07) is 1.99. The van der Waals surface area contributed by atoms with Gasteiger partial charge in [-0.1, -0.05) is 5.16 Å². The van der Waals surface area contributed by atoms with Crippen molar-refractivity contribution in [3.63, 3.8) is 0 Å². The second kappa shape index (κ2) is 5.20. The Labute approximate surface area is 118 Å². The first-order valence-electron chi connectivity index (χ1n) is 6.78. The number of aryl methyl sites for hydroxylation is 1. The monoisotopic (exact) mass is 273 g/mol. The molecule has 20 heavy (non-hydrogen) atoms. The van der Waals surface area contributed by atoms with E-state index in [9.17, 15) is 0 Å². The lowest BCUT2D eigenvalue weighted by molar-refractivity contribution is 0.235. The molecule has 6 nitrogen and oxygen atoms in total. The molecule has 0 atom stereocenters. The van der Waals surface area contributed by atoms with E-state index < -0.39 is 0 Å². The molecule has 0 radical (unpaired) electrons. The first-order chi connectivity index (χ1) is 9.63. The number of rotatable bonds is 3. The first kappa shape index (κ1) is 13.1. The molecule has 1 aliphatic heterocycles. The van der Waals surface area contributed by atoms with Crippen molar-refractivity contribution in [2.24, 2.45) is 0 Å². The van der Waals surface area contributed by atoms with Gasteiger partial charge in [-0.05, 0) is 6.92 Å². The molecule has 0 spiro atoms. The van der Waals surface area contributed by atoms with Gasteiger partial charge in [0.15, 0.2) is 0 Å². The number of nitrogens with zero attached hydrogens (tertiary/aromatic N) is 5. The third-order valence-electron chi connectivity index (χ3n) is 3.54. The normalized spacial score (nSPS) is 15.2. The maximum atomic E-state index is 5.13. The van der Waals surface area contributed by atoms with Crippen molar-refractivity contribution in [3.05, 3.63) is 35.1 Å². The molecular formula is C14H19N5O. The quantitative estimate of drug-likeness (QED) is 0.842. The number of hydrogen-bond donors (Lipinski definition) is 0. The minimum absolute atomic E-state index is 0.804.